The SMILES string of the molecule is C=CCNC(=O)c1cccc(S(=O)(=O)NCC2NCCc3ccccc32)c1. The van der Waals surface area contributed by atoms with Crippen molar-refractivity contribution in [3.05, 3.63) is 77.9 Å². The lowest BCUT2D eigenvalue weighted by Crippen LogP contribution is -2.38. The number of fused-ring (bicyclic) bond motifs is 1. The molecule has 7 heteroatoms. The van der Waals surface area contributed by atoms with E-state index in [0.717, 1.165) is 18.5 Å². The van der Waals surface area contributed by atoms with Gasteiger partial charge in [-0.2, -0.15) is 0 Å². The second-order valence-corrected chi connectivity index (χ2v) is 8.10. The van der Waals surface area contributed by atoms with Crippen LogP contribution < -0.4 is 15.4 Å². The van der Waals surface area contributed by atoms with Crippen LogP contribution in [0.25, 0.3) is 0 Å². The first-order valence-electron chi connectivity index (χ1n) is 8.81. The van der Waals surface area contributed by atoms with E-state index in [9.17, 15) is 13.2 Å². The zero-order valence-corrected chi connectivity index (χ0v) is 15.8. The number of rotatable bonds is 7. The number of benzene rings is 2. The molecule has 0 aromatic heterocycles. The quantitative estimate of drug-likeness (QED) is 0.634. The number of carbonyl (C=O) groups is 1. The van der Waals surface area contributed by atoms with E-state index in [0.29, 0.717) is 12.1 Å². The molecule has 1 heterocycles. The minimum atomic E-state index is -3.73. The maximum atomic E-state index is 12.7. The van der Waals surface area contributed by atoms with Crippen LogP contribution in [0.5, 0.6) is 0 Å². The van der Waals surface area contributed by atoms with E-state index in [1.54, 1.807) is 18.2 Å². The van der Waals surface area contributed by atoms with Gasteiger partial charge >= 0.3 is 0 Å². The summed E-state index contributed by atoms with van der Waals surface area (Å²) in [6.45, 7) is 4.91. The zero-order valence-electron chi connectivity index (χ0n) is 14.9. The summed E-state index contributed by atoms with van der Waals surface area (Å²) in [5.41, 5.74) is 2.64. The van der Waals surface area contributed by atoms with Gasteiger partial charge < -0.3 is 10.6 Å². The standard InChI is InChI=1S/C20H23N3O3S/c1-2-11-22-20(24)16-7-5-8-17(13-16)27(25,26)23-14-19-18-9-4-3-6-15(18)10-12-21-19/h2-9,13,19,21,23H,1,10-12,14H2,(H,22,24). The maximum Gasteiger partial charge on any atom is 0.251 e. The topological polar surface area (TPSA) is 87.3 Å². The molecule has 0 radical (unpaired) electrons. The van der Waals surface area contributed by atoms with Gasteiger partial charge in [-0.3, -0.25) is 4.79 Å². The van der Waals surface area contributed by atoms with Crippen LogP contribution >= 0.6 is 0 Å². The van der Waals surface area contributed by atoms with Crippen molar-refractivity contribution in [1.82, 2.24) is 15.4 Å². The van der Waals surface area contributed by atoms with Gasteiger partial charge in [-0.1, -0.05) is 36.4 Å². The molecule has 0 fully saturated rings. The second kappa shape index (κ2) is 8.47. The molecule has 0 bridgehead atoms. The number of hydrogen-bond donors (Lipinski definition) is 3. The molecule has 0 aliphatic carbocycles. The average molecular weight is 385 g/mol. The molecule has 0 saturated heterocycles. The van der Waals surface area contributed by atoms with E-state index in [2.05, 4.69) is 28.0 Å². The Morgan fingerprint density at radius 1 is 1.22 bits per heavy atom. The van der Waals surface area contributed by atoms with Gasteiger partial charge in [-0.15, -0.1) is 6.58 Å². The molecule has 2 aromatic rings. The van der Waals surface area contributed by atoms with Gasteiger partial charge in [-0.05, 0) is 42.3 Å². The molecular weight excluding hydrogens is 362 g/mol. The van der Waals surface area contributed by atoms with E-state index in [1.165, 1.54) is 17.7 Å². The normalized spacial score (nSPS) is 16.4. The molecule has 1 unspecified atom stereocenters. The number of nitrogens with one attached hydrogen (secondary N) is 3. The van der Waals surface area contributed by atoms with Crippen molar-refractivity contribution < 1.29 is 13.2 Å². The van der Waals surface area contributed by atoms with E-state index in [1.807, 2.05) is 18.2 Å². The number of amides is 1. The lowest BCUT2D eigenvalue weighted by atomic mass is 9.95. The Bertz CT molecular complexity index is 941. The van der Waals surface area contributed by atoms with Gasteiger partial charge in [0, 0.05) is 24.7 Å². The summed E-state index contributed by atoms with van der Waals surface area (Å²) in [7, 11) is -3.73. The Hall–Kier alpha value is -2.48. The summed E-state index contributed by atoms with van der Waals surface area (Å²) in [6, 6.07) is 14.0. The molecule has 3 rings (SSSR count). The summed E-state index contributed by atoms with van der Waals surface area (Å²) in [4.78, 5) is 12.1. The van der Waals surface area contributed by atoms with Crippen molar-refractivity contribution in [3.63, 3.8) is 0 Å². The van der Waals surface area contributed by atoms with Crippen LogP contribution in [0, 0.1) is 0 Å². The molecule has 27 heavy (non-hydrogen) atoms. The first-order chi connectivity index (χ1) is 13.0. The molecule has 1 atom stereocenters. The Morgan fingerprint density at radius 2 is 2.04 bits per heavy atom. The highest BCUT2D eigenvalue weighted by Crippen LogP contribution is 2.22. The van der Waals surface area contributed by atoms with Gasteiger partial charge in [0.05, 0.1) is 4.90 Å². The second-order valence-electron chi connectivity index (χ2n) is 6.33. The van der Waals surface area contributed by atoms with Crippen molar-refractivity contribution in [2.24, 2.45) is 0 Å². The molecule has 1 aliphatic heterocycles. The molecule has 3 N–H and O–H groups in total. The number of hydrogen-bond acceptors (Lipinski definition) is 4. The van der Waals surface area contributed by atoms with Crippen LogP contribution in [0.4, 0.5) is 0 Å². The summed E-state index contributed by atoms with van der Waals surface area (Å²) in [5, 5.41) is 5.99. The van der Waals surface area contributed by atoms with Crippen LogP contribution in [0.1, 0.15) is 27.5 Å². The number of carbonyl (C=O) groups excluding carboxylic acids is 1. The molecule has 0 saturated carbocycles. The molecule has 1 amide bonds. The molecular formula is C20H23N3O3S. The van der Waals surface area contributed by atoms with E-state index >= 15 is 0 Å². The first-order valence-corrected chi connectivity index (χ1v) is 10.3. The van der Waals surface area contributed by atoms with Gasteiger partial charge in [-0.25, -0.2) is 13.1 Å². The lowest BCUT2D eigenvalue weighted by molar-refractivity contribution is 0.0958. The molecule has 6 nitrogen and oxygen atoms in total. The third kappa shape index (κ3) is 4.63. The van der Waals surface area contributed by atoms with E-state index < -0.39 is 10.0 Å². The van der Waals surface area contributed by atoms with Gasteiger partial charge in [0.15, 0.2) is 0 Å². The smallest absolute Gasteiger partial charge is 0.251 e. The Labute approximate surface area is 159 Å². The van der Waals surface area contributed by atoms with Crippen molar-refractivity contribution in [2.75, 3.05) is 19.6 Å². The third-order valence-corrected chi connectivity index (χ3v) is 5.93. The minimum Gasteiger partial charge on any atom is -0.349 e. The Kier molecular flexibility index (Phi) is 6.05. The number of sulfonamides is 1. The fourth-order valence-corrected chi connectivity index (χ4v) is 4.22. The molecule has 1 aliphatic rings. The van der Waals surface area contributed by atoms with Gasteiger partial charge in [0.25, 0.3) is 5.91 Å². The average Bonchev–Trinajstić information content (AvgIpc) is 2.70. The first kappa shape index (κ1) is 19.3. The van der Waals surface area contributed by atoms with Gasteiger partial charge in [0.1, 0.15) is 0 Å². The van der Waals surface area contributed by atoms with Crippen molar-refractivity contribution in [1.29, 1.82) is 0 Å². The van der Waals surface area contributed by atoms with Crippen LogP contribution in [0.2, 0.25) is 0 Å². The zero-order chi connectivity index (χ0) is 19.3. The Morgan fingerprint density at radius 3 is 2.85 bits per heavy atom. The van der Waals surface area contributed by atoms with Crippen LogP contribution in [-0.4, -0.2) is 34.0 Å². The fraction of sp³-hybridized carbons (Fsp3) is 0.250. The Balaban J connectivity index is 1.72. The van der Waals surface area contributed by atoms with Crippen molar-refractivity contribution in [2.45, 2.75) is 17.4 Å². The summed E-state index contributed by atoms with van der Waals surface area (Å²) in [5.74, 6) is -0.338. The largest absolute Gasteiger partial charge is 0.349 e. The molecule has 0 spiro atoms. The highest BCUT2D eigenvalue weighted by atomic mass is 32.2. The van der Waals surface area contributed by atoms with Crippen molar-refractivity contribution in [3.8, 4) is 0 Å². The van der Waals surface area contributed by atoms with E-state index in [-0.39, 0.29) is 23.4 Å². The summed E-state index contributed by atoms with van der Waals surface area (Å²) in [6.07, 6.45) is 2.50. The third-order valence-electron chi connectivity index (χ3n) is 4.51. The van der Waals surface area contributed by atoms with Gasteiger partial charge in [0.2, 0.25) is 10.0 Å². The van der Waals surface area contributed by atoms with Crippen molar-refractivity contribution >= 4 is 15.9 Å². The van der Waals surface area contributed by atoms with Crippen LogP contribution in [0.15, 0.2) is 66.1 Å². The highest BCUT2D eigenvalue weighted by molar-refractivity contribution is 7.89. The highest BCUT2D eigenvalue weighted by Gasteiger charge is 2.22. The molecule has 2 aromatic carbocycles. The predicted octanol–water partition coefficient (Wildman–Crippen LogP) is 1.77. The minimum absolute atomic E-state index is 0.0675. The summed E-state index contributed by atoms with van der Waals surface area (Å²) >= 11 is 0. The maximum absolute atomic E-state index is 12.7. The monoisotopic (exact) mass is 385 g/mol. The summed E-state index contributed by atoms with van der Waals surface area (Å²) < 4.78 is 28.0. The molecule has 142 valence electrons. The predicted molar refractivity (Wildman–Crippen MR) is 105 cm³/mol. The van der Waals surface area contributed by atoms with Crippen LogP contribution in [-0.2, 0) is 16.4 Å². The van der Waals surface area contributed by atoms with E-state index in [4.69, 9.17) is 0 Å². The fourth-order valence-electron chi connectivity index (χ4n) is 3.12. The van der Waals surface area contributed by atoms with Crippen LogP contribution in [0.3, 0.4) is 0 Å². The lowest BCUT2D eigenvalue weighted by Gasteiger charge is -2.27.